The normalized spacial score (nSPS) is 10.2. The Bertz CT molecular complexity index is 481. The molecule has 0 bridgehead atoms. The van der Waals surface area contributed by atoms with Crippen LogP contribution in [0.15, 0.2) is 18.2 Å². The Balaban J connectivity index is 2.28. The molecule has 0 aliphatic carbocycles. The molecule has 1 aromatic rings. The molecule has 0 unspecified atom stereocenters. The van der Waals surface area contributed by atoms with Crippen molar-refractivity contribution in [3.63, 3.8) is 0 Å². The number of carbonyl (C=O) groups excluding carboxylic acids is 2. The standard InChI is InChI=1S/C13H16F2N2O3/c1-2-20-13(19)5-6-16-8-12(18)17-11-4-3-9(14)7-10(11)15/h3-4,7,16H,2,5-6,8H2,1H3,(H,17,18). The monoisotopic (exact) mass is 286 g/mol. The van der Waals surface area contributed by atoms with Gasteiger partial charge in [0.05, 0.1) is 25.3 Å². The van der Waals surface area contributed by atoms with Gasteiger partial charge in [-0.25, -0.2) is 8.78 Å². The molecule has 1 amide bonds. The van der Waals surface area contributed by atoms with Crippen LogP contribution in [-0.4, -0.2) is 31.6 Å². The molecule has 0 heterocycles. The first-order chi connectivity index (χ1) is 9.52. The van der Waals surface area contributed by atoms with E-state index in [1.54, 1.807) is 6.92 Å². The molecule has 2 N–H and O–H groups in total. The number of benzene rings is 1. The third-order valence-corrected chi connectivity index (χ3v) is 2.30. The maximum absolute atomic E-state index is 13.3. The summed E-state index contributed by atoms with van der Waals surface area (Å²) in [5.41, 5.74) is -0.0939. The summed E-state index contributed by atoms with van der Waals surface area (Å²) in [6.45, 7) is 2.20. The molecule has 0 atom stereocenters. The molecule has 20 heavy (non-hydrogen) atoms. The highest BCUT2D eigenvalue weighted by atomic mass is 19.1. The minimum atomic E-state index is -0.843. The van der Waals surface area contributed by atoms with Crippen LogP contribution in [0.5, 0.6) is 0 Å². The molecule has 5 nitrogen and oxygen atoms in total. The van der Waals surface area contributed by atoms with Gasteiger partial charge >= 0.3 is 5.97 Å². The van der Waals surface area contributed by atoms with Crippen molar-refractivity contribution in [3.05, 3.63) is 29.8 Å². The molecule has 0 saturated heterocycles. The van der Waals surface area contributed by atoms with Crippen molar-refractivity contribution in [1.82, 2.24) is 5.32 Å². The lowest BCUT2D eigenvalue weighted by Gasteiger charge is -2.07. The Kier molecular flexibility index (Phi) is 6.58. The Morgan fingerprint density at radius 2 is 2.05 bits per heavy atom. The average molecular weight is 286 g/mol. The van der Waals surface area contributed by atoms with Crippen LogP contribution in [-0.2, 0) is 14.3 Å². The van der Waals surface area contributed by atoms with Gasteiger partial charge in [0.15, 0.2) is 0 Å². The van der Waals surface area contributed by atoms with Crippen molar-refractivity contribution >= 4 is 17.6 Å². The van der Waals surface area contributed by atoms with Gasteiger partial charge in [-0.05, 0) is 19.1 Å². The maximum Gasteiger partial charge on any atom is 0.307 e. The highest BCUT2D eigenvalue weighted by Gasteiger charge is 2.08. The minimum Gasteiger partial charge on any atom is -0.466 e. The zero-order valence-corrected chi connectivity index (χ0v) is 11.0. The molecule has 0 aliphatic heterocycles. The summed E-state index contributed by atoms with van der Waals surface area (Å²) in [4.78, 5) is 22.5. The number of carbonyl (C=O) groups is 2. The fourth-order valence-electron chi connectivity index (χ4n) is 1.41. The van der Waals surface area contributed by atoms with Crippen LogP contribution in [0.1, 0.15) is 13.3 Å². The minimum absolute atomic E-state index is 0.0871. The van der Waals surface area contributed by atoms with Crippen molar-refractivity contribution in [2.45, 2.75) is 13.3 Å². The first kappa shape index (κ1) is 16.0. The molecule has 0 saturated carbocycles. The first-order valence-electron chi connectivity index (χ1n) is 6.14. The van der Waals surface area contributed by atoms with Crippen molar-refractivity contribution in [1.29, 1.82) is 0 Å². The van der Waals surface area contributed by atoms with Crippen molar-refractivity contribution in [3.8, 4) is 0 Å². The topological polar surface area (TPSA) is 67.4 Å². The van der Waals surface area contributed by atoms with E-state index in [4.69, 9.17) is 4.74 Å². The summed E-state index contributed by atoms with van der Waals surface area (Å²) in [5.74, 6) is -2.40. The van der Waals surface area contributed by atoms with E-state index in [0.717, 1.165) is 12.1 Å². The molecular formula is C13H16F2N2O3. The van der Waals surface area contributed by atoms with Gasteiger partial charge in [0.1, 0.15) is 11.6 Å². The summed E-state index contributed by atoms with van der Waals surface area (Å²) in [6, 6.07) is 2.87. The third kappa shape index (κ3) is 5.75. The highest BCUT2D eigenvalue weighted by Crippen LogP contribution is 2.14. The second-order valence-electron chi connectivity index (χ2n) is 3.90. The Labute approximate surface area is 115 Å². The number of halogens is 2. The fourth-order valence-corrected chi connectivity index (χ4v) is 1.41. The number of rotatable bonds is 7. The SMILES string of the molecule is CCOC(=O)CCNCC(=O)Nc1ccc(F)cc1F. The van der Waals surface area contributed by atoms with E-state index in [0.29, 0.717) is 12.7 Å². The Morgan fingerprint density at radius 1 is 1.30 bits per heavy atom. The molecule has 0 spiro atoms. The molecule has 0 radical (unpaired) electrons. The lowest BCUT2D eigenvalue weighted by Crippen LogP contribution is -2.30. The number of esters is 1. The molecule has 0 aromatic heterocycles. The Morgan fingerprint density at radius 3 is 2.70 bits per heavy atom. The lowest BCUT2D eigenvalue weighted by atomic mass is 10.3. The molecule has 110 valence electrons. The van der Waals surface area contributed by atoms with E-state index >= 15 is 0 Å². The smallest absolute Gasteiger partial charge is 0.307 e. The van der Waals surface area contributed by atoms with Crippen LogP contribution in [0.25, 0.3) is 0 Å². The number of anilines is 1. The zero-order valence-electron chi connectivity index (χ0n) is 11.0. The number of amides is 1. The number of hydrogen-bond acceptors (Lipinski definition) is 4. The van der Waals surface area contributed by atoms with Gasteiger partial charge in [-0.1, -0.05) is 0 Å². The predicted molar refractivity (Wildman–Crippen MR) is 69.1 cm³/mol. The number of nitrogens with one attached hydrogen (secondary N) is 2. The van der Waals surface area contributed by atoms with Crippen LogP contribution in [0.3, 0.4) is 0 Å². The summed E-state index contributed by atoms with van der Waals surface area (Å²) < 4.78 is 30.6. The molecule has 1 rings (SSSR count). The largest absolute Gasteiger partial charge is 0.466 e. The zero-order chi connectivity index (χ0) is 15.0. The van der Waals surface area contributed by atoms with Crippen molar-refractivity contribution in [2.24, 2.45) is 0 Å². The van der Waals surface area contributed by atoms with Gasteiger partial charge in [0, 0.05) is 12.6 Å². The van der Waals surface area contributed by atoms with Gasteiger partial charge in [-0.2, -0.15) is 0 Å². The Hall–Kier alpha value is -2.02. The second kappa shape index (κ2) is 8.21. The van der Waals surface area contributed by atoms with Gasteiger partial charge in [0.2, 0.25) is 5.91 Å². The lowest BCUT2D eigenvalue weighted by molar-refractivity contribution is -0.143. The first-order valence-corrected chi connectivity index (χ1v) is 6.14. The van der Waals surface area contributed by atoms with Crippen LogP contribution in [0.4, 0.5) is 14.5 Å². The van der Waals surface area contributed by atoms with Crippen LogP contribution in [0.2, 0.25) is 0 Å². The van der Waals surface area contributed by atoms with E-state index in [1.807, 2.05) is 0 Å². The van der Waals surface area contributed by atoms with Crippen molar-refractivity contribution < 1.29 is 23.1 Å². The average Bonchev–Trinajstić information content (AvgIpc) is 2.38. The van der Waals surface area contributed by atoms with Gasteiger partial charge in [-0.3, -0.25) is 9.59 Å². The third-order valence-electron chi connectivity index (χ3n) is 2.30. The van der Waals surface area contributed by atoms with Crippen molar-refractivity contribution in [2.75, 3.05) is 25.0 Å². The highest BCUT2D eigenvalue weighted by molar-refractivity contribution is 5.92. The van der Waals surface area contributed by atoms with E-state index < -0.39 is 17.5 Å². The summed E-state index contributed by atoms with van der Waals surface area (Å²) in [6.07, 6.45) is 0.145. The van der Waals surface area contributed by atoms with E-state index in [2.05, 4.69) is 10.6 Å². The van der Waals surface area contributed by atoms with Gasteiger partial charge in [-0.15, -0.1) is 0 Å². The number of ether oxygens (including phenoxy) is 1. The quantitative estimate of drug-likeness (QED) is 0.588. The summed E-state index contributed by atoms with van der Waals surface area (Å²) >= 11 is 0. The fraction of sp³-hybridized carbons (Fsp3) is 0.385. The molecule has 0 fully saturated rings. The van der Waals surface area contributed by atoms with E-state index in [-0.39, 0.29) is 31.2 Å². The molecular weight excluding hydrogens is 270 g/mol. The maximum atomic E-state index is 13.3. The van der Waals surface area contributed by atoms with Crippen LogP contribution >= 0.6 is 0 Å². The summed E-state index contributed by atoms with van der Waals surface area (Å²) in [7, 11) is 0. The van der Waals surface area contributed by atoms with Crippen LogP contribution in [0, 0.1) is 11.6 Å². The summed E-state index contributed by atoms with van der Waals surface area (Å²) in [5, 5.41) is 5.01. The van der Waals surface area contributed by atoms with Gasteiger partial charge < -0.3 is 15.4 Å². The van der Waals surface area contributed by atoms with Crippen LogP contribution < -0.4 is 10.6 Å². The predicted octanol–water partition coefficient (Wildman–Crippen LogP) is 1.45. The van der Waals surface area contributed by atoms with E-state index in [1.165, 1.54) is 0 Å². The molecule has 1 aromatic carbocycles. The van der Waals surface area contributed by atoms with Gasteiger partial charge in [0.25, 0.3) is 0 Å². The second-order valence-corrected chi connectivity index (χ2v) is 3.90. The molecule has 7 heteroatoms. The molecule has 0 aliphatic rings. The number of hydrogen-bond donors (Lipinski definition) is 2. The van der Waals surface area contributed by atoms with E-state index in [9.17, 15) is 18.4 Å².